The van der Waals surface area contributed by atoms with Crippen LogP contribution in [0.25, 0.3) is 0 Å². The van der Waals surface area contributed by atoms with Gasteiger partial charge in [0.25, 0.3) is 0 Å². The number of hydrogen-bond acceptors (Lipinski definition) is 2. The fraction of sp³-hybridized carbons (Fsp3) is 0.875. The monoisotopic (exact) mass is 298 g/mol. The third-order valence-electron chi connectivity index (χ3n) is 4.96. The summed E-state index contributed by atoms with van der Waals surface area (Å²) in [4.78, 5) is 23.7. The van der Waals surface area contributed by atoms with Crippen molar-refractivity contribution in [2.75, 3.05) is 0 Å². The summed E-state index contributed by atoms with van der Waals surface area (Å²) >= 11 is 0. The van der Waals surface area contributed by atoms with Gasteiger partial charge in [-0.25, -0.2) is 9.59 Å². The molecule has 5 heteroatoms. The number of aliphatic carboxylic acids is 1. The molecule has 2 amide bonds. The van der Waals surface area contributed by atoms with Gasteiger partial charge in [-0.15, -0.1) is 0 Å². The van der Waals surface area contributed by atoms with E-state index in [1.54, 1.807) is 13.8 Å². The van der Waals surface area contributed by atoms with Gasteiger partial charge in [0.15, 0.2) is 0 Å². The molecule has 0 aromatic carbocycles. The number of carboxylic acid groups (broad SMARTS) is 1. The fourth-order valence-electron chi connectivity index (χ4n) is 3.34. The summed E-state index contributed by atoms with van der Waals surface area (Å²) < 4.78 is 0. The lowest BCUT2D eigenvalue weighted by Gasteiger charge is -2.36. The first-order valence-corrected chi connectivity index (χ1v) is 8.18. The van der Waals surface area contributed by atoms with Gasteiger partial charge in [0.2, 0.25) is 0 Å². The maximum absolute atomic E-state index is 12.2. The number of hydrogen-bond donors (Lipinski definition) is 3. The average molecular weight is 298 g/mol. The first-order chi connectivity index (χ1) is 9.86. The van der Waals surface area contributed by atoms with Crippen LogP contribution in [-0.4, -0.2) is 28.7 Å². The number of amides is 2. The average Bonchev–Trinajstić information content (AvgIpc) is 2.44. The Morgan fingerprint density at radius 1 is 1.19 bits per heavy atom. The van der Waals surface area contributed by atoms with Crippen molar-refractivity contribution in [2.24, 2.45) is 11.8 Å². The molecule has 0 heterocycles. The quantitative estimate of drug-likeness (QED) is 0.705. The zero-order chi connectivity index (χ0) is 16.0. The molecular weight excluding hydrogens is 268 g/mol. The molecule has 2 unspecified atom stereocenters. The van der Waals surface area contributed by atoms with E-state index in [-0.39, 0.29) is 12.1 Å². The van der Waals surface area contributed by atoms with Crippen LogP contribution < -0.4 is 10.6 Å². The van der Waals surface area contributed by atoms with Crippen LogP contribution in [0.3, 0.4) is 0 Å². The zero-order valence-corrected chi connectivity index (χ0v) is 13.7. The van der Waals surface area contributed by atoms with E-state index in [4.69, 9.17) is 0 Å². The Hall–Kier alpha value is -1.26. The summed E-state index contributed by atoms with van der Waals surface area (Å²) in [5.74, 6) is 0.0378. The largest absolute Gasteiger partial charge is 0.480 e. The Morgan fingerprint density at radius 2 is 1.76 bits per heavy atom. The number of urea groups is 1. The Bertz CT molecular complexity index is 365. The molecule has 0 spiro atoms. The molecule has 21 heavy (non-hydrogen) atoms. The molecule has 0 radical (unpaired) electrons. The topological polar surface area (TPSA) is 78.4 Å². The second-order valence-electron chi connectivity index (χ2n) is 6.49. The second kappa shape index (κ2) is 7.66. The maximum Gasteiger partial charge on any atom is 0.329 e. The second-order valence-corrected chi connectivity index (χ2v) is 6.49. The minimum atomic E-state index is -1.16. The highest BCUT2D eigenvalue weighted by molar-refractivity contribution is 5.86. The third-order valence-corrected chi connectivity index (χ3v) is 4.96. The molecule has 0 aliphatic heterocycles. The Morgan fingerprint density at radius 3 is 2.24 bits per heavy atom. The van der Waals surface area contributed by atoms with E-state index in [0.29, 0.717) is 24.7 Å². The Balaban J connectivity index is 2.69. The summed E-state index contributed by atoms with van der Waals surface area (Å²) in [5.41, 5.74) is -1.16. The van der Waals surface area contributed by atoms with Crippen LogP contribution in [0.15, 0.2) is 0 Å². The van der Waals surface area contributed by atoms with Crippen molar-refractivity contribution in [1.82, 2.24) is 10.6 Å². The van der Waals surface area contributed by atoms with Gasteiger partial charge in [0.1, 0.15) is 5.54 Å². The van der Waals surface area contributed by atoms with Crippen molar-refractivity contribution >= 4 is 12.0 Å². The lowest BCUT2D eigenvalue weighted by Crippen LogP contribution is -2.59. The molecule has 1 aliphatic rings. The Kier molecular flexibility index (Phi) is 6.49. The molecule has 3 N–H and O–H groups in total. The molecular formula is C16H30N2O3. The summed E-state index contributed by atoms with van der Waals surface area (Å²) in [7, 11) is 0. The van der Waals surface area contributed by atoms with E-state index in [0.717, 1.165) is 19.3 Å². The van der Waals surface area contributed by atoms with E-state index in [9.17, 15) is 14.7 Å². The highest BCUT2D eigenvalue weighted by Crippen LogP contribution is 2.30. The maximum atomic E-state index is 12.2. The first-order valence-electron chi connectivity index (χ1n) is 8.18. The molecule has 5 nitrogen and oxygen atoms in total. The molecule has 1 fully saturated rings. The van der Waals surface area contributed by atoms with E-state index < -0.39 is 11.5 Å². The molecule has 0 aromatic heterocycles. The van der Waals surface area contributed by atoms with Gasteiger partial charge < -0.3 is 15.7 Å². The minimum Gasteiger partial charge on any atom is -0.480 e. The van der Waals surface area contributed by atoms with Crippen molar-refractivity contribution in [3.63, 3.8) is 0 Å². The lowest BCUT2D eigenvalue weighted by molar-refractivity contribution is -0.144. The highest BCUT2D eigenvalue weighted by Gasteiger charge is 2.37. The summed E-state index contributed by atoms with van der Waals surface area (Å²) in [6.45, 7) is 7.94. The van der Waals surface area contributed by atoms with E-state index in [1.165, 1.54) is 6.42 Å². The summed E-state index contributed by atoms with van der Waals surface area (Å²) in [6, 6.07) is -0.197. The van der Waals surface area contributed by atoms with Gasteiger partial charge in [-0.3, -0.25) is 0 Å². The van der Waals surface area contributed by atoms with Crippen LogP contribution in [0.5, 0.6) is 0 Å². The molecule has 1 rings (SSSR count). The van der Waals surface area contributed by atoms with Gasteiger partial charge in [-0.2, -0.15) is 0 Å². The smallest absolute Gasteiger partial charge is 0.329 e. The van der Waals surface area contributed by atoms with Gasteiger partial charge in [-0.1, -0.05) is 40.5 Å². The number of nitrogens with one attached hydrogen (secondary N) is 2. The number of rotatable bonds is 6. The molecule has 0 saturated heterocycles. The van der Waals surface area contributed by atoms with E-state index >= 15 is 0 Å². The number of carbonyl (C=O) groups excluding carboxylic acids is 1. The van der Waals surface area contributed by atoms with Crippen molar-refractivity contribution in [2.45, 2.75) is 77.8 Å². The van der Waals surface area contributed by atoms with Crippen LogP contribution >= 0.6 is 0 Å². The predicted octanol–water partition coefficient (Wildman–Crippen LogP) is 3.14. The minimum absolute atomic E-state index is 0.152. The molecule has 1 aliphatic carbocycles. The van der Waals surface area contributed by atoms with Crippen LogP contribution in [0.1, 0.15) is 66.2 Å². The molecule has 1 saturated carbocycles. The van der Waals surface area contributed by atoms with E-state index in [2.05, 4.69) is 24.5 Å². The molecule has 2 atom stereocenters. The van der Waals surface area contributed by atoms with Crippen LogP contribution in [0.4, 0.5) is 4.79 Å². The van der Waals surface area contributed by atoms with Crippen LogP contribution in [0.2, 0.25) is 0 Å². The molecule has 122 valence electrons. The van der Waals surface area contributed by atoms with Crippen molar-refractivity contribution in [3.8, 4) is 0 Å². The number of carboxylic acids is 1. The standard InChI is InChI=1S/C16H30N2O3/c1-5-16(6-2,14(19)20)18-15(21)17-13-10-8-7-9-12(13)11(3)4/h11-13H,5-10H2,1-4H3,(H,19,20)(H2,17,18,21). The van der Waals surface area contributed by atoms with E-state index in [1.807, 2.05) is 0 Å². The predicted molar refractivity (Wildman–Crippen MR) is 83.2 cm³/mol. The number of carbonyl (C=O) groups is 2. The normalized spacial score (nSPS) is 22.9. The fourth-order valence-corrected chi connectivity index (χ4v) is 3.34. The molecule has 0 bridgehead atoms. The SMILES string of the molecule is CCC(CC)(NC(=O)NC1CCCCC1C(C)C)C(=O)O. The summed E-state index contributed by atoms with van der Waals surface area (Å²) in [5, 5.41) is 15.1. The van der Waals surface area contributed by atoms with Gasteiger partial charge in [-0.05, 0) is 37.5 Å². The molecule has 0 aromatic rings. The third kappa shape index (κ3) is 4.35. The summed E-state index contributed by atoms with van der Waals surface area (Å²) in [6.07, 6.45) is 5.21. The lowest BCUT2D eigenvalue weighted by atomic mass is 9.78. The first kappa shape index (κ1) is 17.8. The van der Waals surface area contributed by atoms with Gasteiger partial charge in [0, 0.05) is 6.04 Å². The van der Waals surface area contributed by atoms with Crippen molar-refractivity contribution < 1.29 is 14.7 Å². The van der Waals surface area contributed by atoms with Gasteiger partial charge in [0.05, 0.1) is 0 Å². The zero-order valence-electron chi connectivity index (χ0n) is 13.7. The van der Waals surface area contributed by atoms with Crippen LogP contribution in [0, 0.1) is 11.8 Å². The van der Waals surface area contributed by atoms with Crippen LogP contribution in [-0.2, 0) is 4.79 Å². The van der Waals surface area contributed by atoms with Crippen molar-refractivity contribution in [1.29, 1.82) is 0 Å². The Labute approximate surface area is 127 Å². The highest BCUT2D eigenvalue weighted by atomic mass is 16.4. The van der Waals surface area contributed by atoms with Crippen molar-refractivity contribution in [3.05, 3.63) is 0 Å². The van der Waals surface area contributed by atoms with Gasteiger partial charge >= 0.3 is 12.0 Å².